The van der Waals surface area contributed by atoms with Gasteiger partial charge < -0.3 is 10.1 Å². The van der Waals surface area contributed by atoms with Crippen molar-refractivity contribution in [1.82, 2.24) is 0 Å². The molecular formula is C24H40Br2N2NiP. The molecule has 3 aliphatic carbocycles. The number of hydrogen-bond acceptors (Lipinski definition) is 1. The van der Waals surface area contributed by atoms with E-state index in [9.17, 15) is 0 Å². The number of nitrogens with zero attached hydrogens (tertiary/aromatic N) is 2. The van der Waals surface area contributed by atoms with Gasteiger partial charge in [-0.05, 0) is 62.6 Å². The van der Waals surface area contributed by atoms with Gasteiger partial charge in [-0.2, -0.15) is 6.20 Å². The van der Waals surface area contributed by atoms with Crippen molar-refractivity contribution < 1.29 is 10.9 Å². The predicted octanol–water partition coefficient (Wildman–Crippen LogP) is 9.70. The molecule has 0 saturated heterocycles. The van der Waals surface area contributed by atoms with Crippen LogP contribution in [0.15, 0.2) is 29.2 Å². The van der Waals surface area contributed by atoms with Crippen LogP contribution in [0.25, 0.3) is 5.32 Å². The Labute approximate surface area is 205 Å². The third-order valence-electron chi connectivity index (χ3n) is 7.80. The molecule has 0 radical (unpaired) electrons. The van der Waals surface area contributed by atoms with Crippen molar-refractivity contribution in [1.29, 1.82) is 0 Å². The van der Waals surface area contributed by atoms with Crippen molar-refractivity contribution in [3.63, 3.8) is 0 Å². The summed E-state index contributed by atoms with van der Waals surface area (Å²) in [6, 6.07) is 0.310. The SMILES string of the molecule is C1=C[N-]C(CN=P(C2CCCCC2)(C2CCCCC2)C2CCCCC2)C=C1.[Br][Ni+][Br]. The van der Waals surface area contributed by atoms with Gasteiger partial charge in [-0.15, -0.1) is 0 Å². The van der Waals surface area contributed by atoms with Gasteiger partial charge in [0, 0.05) is 6.54 Å². The van der Waals surface area contributed by atoms with E-state index in [0.717, 1.165) is 23.5 Å². The maximum atomic E-state index is 5.88. The second-order valence-corrected chi connectivity index (χ2v) is 18.5. The molecule has 4 rings (SSSR count). The van der Waals surface area contributed by atoms with E-state index in [4.69, 9.17) is 10.1 Å². The van der Waals surface area contributed by atoms with E-state index in [-0.39, 0.29) is 0 Å². The molecule has 4 aliphatic rings. The molecule has 1 heterocycles. The summed E-state index contributed by atoms with van der Waals surface area (Å²) in [6.45, 7) is 0.970. The van der Waals surface area contributed by atoms with E-state index >= 15 is 0 Å². The van der Waals surface area contributed by atoms with Gasteiger partial charge in [-0.25, -0.2) is 0 Å². The molecule has 30 heavy (non-hydrogen) atoms. The molecule has 3 saturated carbocycles. The van der Waals surface area contributed by atoms with E-state index in [0.29, 0.717) is 6.04 Å². The molecule has 1 atom stereocenters. The molecule has 0 bridgehead atoms. The summed E-state index contributed by atoms with van der Waals surface area (Å²) in [5.74, 6) is 0. The van der Waals surface area contributed by atoms with Crippen LogP contribution in [0.1, 0.15) is 96.3 Å². The fourth-order valence-electron chi connectivity index (χ4n) is 6.51. The van der Waals surface area contributed by atoms with Crippen LogP contribution in [-0.4, -0.2) is 29.6 Å². The second kappa shape index (κ2) is 14.3. The van der Waals surface area contributed by atoms with Gasteiger partial charge in [0.25, 0.3) is 0 Å². The fraction of sp³-hybridized carbons (Fsp3) is 0.833. The van der Waals surface area contributed by atoms with Crippen LogP contribution in [-0.2, 0) is 10.9 Å². The maximum absolute atomic E-state index is 5.88. The van der Waals surface area contributed by atoms with Gasteiger partial charge in [0.05, 0.1) is 0 Å². The number of hydrogen-bond donors (Lipinski definition) is 0. The van der Waals surface area contributed by atoms with Crippen LogP contribution < -0.4 is 0 Å². The van der Waals surface area contributed by atoms with Crippen LogP contribution >= 0.6 is 35.5 Å². The molecule has 6 heteroatoms. The predicted molar refractivity (Wildman–Crippen MR) is 138 cm³/mol. The monoisotopic (exact) mass is 603 g/mol. The third kappa shape index (κ3) is 6.98. The zero-order chi connectivity index (χ0) is 21.1. The van der Waals surface area contributed by atoms with Crippen molar-refractivity contribution in [3.8, 4) is 0 Å². The Bertz CT molecular complexity index is 540. The fourth-order valence-corrected chi connectivity index (χ4v) is 13.0. The van der Waals surface area contributed by atoms with Gasteiger partial charge >= 0.3 is 39.3 Å². The molecule has 0 N–H and O–H groups in total. The van der Waals surface area contributed by atoms with Gasteiger partial charge in [0.2, 0.25) is 0 Å². The summed E-state index contributed by atoms with van der Waals surface area (Å²) in [5, 5.41) is 4.72. The van der Waals surface area contributed by atoms with Crippen LogP contribution in [0.2, 0.25) is 0 Å². The van der Waals surface area contributed by atoms with Gasteiger partial charge in [0.1, 0.15) is 0 Å². The van der Waals surface area contributed by atoms with E-state index in [1.165, 1.54) is 107 Å². The zero-order valence-electron chi connectivity index (χ0n) is 18.3. The van der Waals surface area contributed by atoms with Gasteiger partial charge in [0.15, 0.2) is 0 Å². The van der Waals surface area contributed by atoms with Gasteiger partial charge in [-0.1, -0.05) is 82.1 Å². The van der Waals surface area contributed by atoms with E-state index < -0.39 is 7.05 Å². The zero-order valence-corrected chi connectivity index (χ0v) is 23.4. The Morgan fingerprint density at radius 2 is 1.17 bits per heavy atom. The second-order valence-electron chi connectivity index (χ2n) is 9.48. The van der Waals surface area contributed by atoms with Crippen molar-refractivity contribution in [2.75, 3.05) is 6.54 Å². The standard InChI is InChI=1S/C24H40N2P.2BrH.Ni/c1-4-13-22(14-5-1)27(23-15-6-2-7-16-23,24-17-8-3-9-18-24)26-20-21-12-10-11-19-25-21;;;/h10-12,19,21-24H,1-9,13-18,20H2;2*1H;/q-1;;;+3/p-2. The summed E-state index contributed by atoms with van der Waals surface area (Å²) in [4.78, 5) is 0. The minimum atomic E-state index is -1.28. The van der Waals surface area contributed by atoms with Crippen molar-refractivity contribution >= 4 is 35.5 Å². The molecular weight excluding hydrogens is 566 g/mol. The first-order chi connectivity index (χ1) is 14.8. The molecule has 0 spiro atoms. The first-order valence-corrected chi connectivity index (χ1v) is 19.1. The first-order valence-electron chi connectivity index (χ1n) is 12.2. The Kier molecular flexibility index (Phi) is 12.2. The third-order valence-corrected chi connectivity index (χ3v) is 13.5. The normalized spacial score (nSPS) is 26.7. The molecule has 0 aromatic heterocycles. The topological polar surface area (TPSA) is 26.5 Å². The Hall–Kier alpha value is 0.964. The van der Waals surface area contributed by atoms with Gasteiger partial charge in [-0.3, -0.25) is 0 Å². The summed E-state index contributed by atoms with van der Waals surface area (Å²) < 4.78 is 5.88. The molecule has 1 unspecified atom stereocenters. The van der Waals surface area contributed by atoms with Crippen LogP contribution in [0.3, 0.4) is 0 Å². The van der Waals surface area contributed by atoms with E-state index in [2.05, 4.69) is 46.7 Å². The Balaban J connectivity index is 0.000000806. The average molecular weight is 606 g/mol. The molecule has 2 nitrogen and oxygen atoms in total. The molecule has 0 amide bonds. The van der Waals surface area contributed by atoms with Crippen molar-refractivity contribution in [2.45, 2.75) is 119 Å². The summed E-state index contributed by atoms with van der Waals surface area (Å²) in [6.07, 6.45) is 30.7. The van der Waals surface area contributed by atoms with Crippen molar-refractivity contribution in [2.24, 2.45) is 4.74 Å². The molecule has 3 fully saturated rings. The Morgan fingerprint density at radius 1 is 0.733 bits per heavy atom. The number of halogens is 2. The molecule has 1 aliphatic heterocycles. The van der Waals surface area contributed by atoms with E-state index in [1.54, 1.807) is 0 Å². The minimum absolute atomic E-state index is 0.310. The quantitative estimate of drug-likeness (QED) is 0.220. The van der Waals surface area contributed by atoms with Crippen LogP contribution in [0, 0.1) is 0 Å². The average Bonchev–Trinajstić information content (AvgIpc) is 2.83. The van der Waals surface area contributed by atoms with E-state index in [1.807, 2.05) is 6.20 Å². The van der Waals surface area contributed by atoms with Crippen LogP contribution in [0.4, 0.5) is 0 Å². The number of allylic oxidation sites excluding steroid dienone is 2. The van der Waals surface area contributed by atoms with Crippen molar-refractivity contribution in [3.05, 3.63) is 29.7 Å². The molecule has 175 valence electrons. The summed E-state index contributed by atoms with van der Waals surface area (Å²) in [7, 11) is -0.0320. The van der Waals surface area contributed by atoms with Crippen LogP contribution in [0.5, 0.6) is 0 Å². The Morgan fingerprint density at radius 3 is 1.53 bits per heavy atom. The molecule has 0 aromatic carbocycles. The number of rotatable bonds is 5. The summed E-state index contributed by atoms with van der Waals surface area (Å²) >= 11 is 6.00. The first kappa shape index (κ1) is 25.6. The molecule has 0 aromatic rings. The summed E-state index contributed by atoms with van der Waals surface area (Å²) in [5.41, 5.74) is 2.88.